The van der Waals surface area contributed by atoms with Crippen LogP contribution >= 0.6 is 0 Å². The van der Waals surface area contributed by atoms with Gasteiger partial charge in [0.15, 0.2) is 0 Å². The van der Waals surface area contributed by atoms with E-state index in [-0.39, 0.29) is 0 Å². The van der Waals surface area contributed by atoms with Crippen molar-refractivity contribution < 1.29 is 9.22 Å². The van der Waals surface area contributed by atoms with Crippen molar-refractivity contribution in [2.75, 3.05) is 0 Å². The van der Waals surface area contributed by atoms with Crippen LogP contribution in [0.5, 0.6) is 0 Å². The minimum Gasteiger partial charge on any atom is -0.390 e. The lowest BCUT2D eigenvalue weighted by molar-refractivity contribution is 0.0680. The second-order valence-electron chi connectivity index (χ2n) is 3.08. The van der Waals surface area contributed by atoms with Crippen molar-refractivity contribution >= 4 is 0 Å². The summed E-state index contributed by atoms with van der Waals surface area (Å²) < 4.78 is 21.3. The van der Waals surface area contributed by atoms with Crippen LogP contribution in [0, 0.1) is 0 Å². The fraction of sp³-hybridized carbons (Fsp3) is 1.00. The first kappa shape index (κ1) is 5.59. The Morgan fingerprint density at radius 3 is 2.60 bits per heavy atom. The first-order chi connectivity index (χ1) is 5.81. The van der Waals surface area contributed by atoms with E-state index in [1.165, 1.54) is 6.92 Å². The maximum Gasteiger partial charge on any atom is 0.0591 e. The van der Waals surface area contributed by atoms with E-state index in [4.69, 9.17) is 4.11 Å². The molecular weight excluding hydrogens is 124 g/mol. The lowest BCUT2D eigenvalue weighted by atomic mass is 10.0. The van der Waals surface area contributed by atoms with Gasteiger partial charge < -0.3 is 5.11 Å². The van der Waals surface area contributed by atoms with Crippen LogP contribution in [0.4, 0.5) is 0 Å². The van der Waals surface area contributed by atoms with Gasteiger partial charge in [-0.2, -0.15) is 0 Å². The summed E-state index contributed by atoms with van der Waals surface area (Å²) in [5, 5.41) is 9.59. The van der Waals surface area contributed by atoms with E-state index in [0.717, 1.165) is 25.7 Å². The van der Waals surface area contributed by atoms with Crippen LogP contribution in [0.1, 0.15) is 56.9 Å². The lowest BCUT2D eigenvalue weighted by Crippen LogP contribution is -2.17. The normalized spacial score (nSPS) is 22.5. The van der Waals surface area contributed by atoms with Crippen LogP contribution in [-0.4, -0.2) is 10.7 Å². The summed E-state index contributed by atoms with van der Waals surface area (Å²) in [4.78, 5) is 0. The maximum atomic E-state index is 9.59. The molecule has 0 aromatic rings. The predicted octanol–water partition coefficient (Wildman–Crippen LogP) is 2.73. The Balaban J connectivity index is 3.77. The number of hydrogen-bond donors (Lipinski definition) is 1. The quantitative estimate of drug-likeness (QED) is 0.593. The fourth-order valence-electron chi connectivity index (χ4n) is 0.896. The van der Waals surface area contributed by atoms with E-state index < -0.39 is 12.5 Å². The summed E-state index contributed by atoms with van der Waals surface area (Å²) >= 11 is 0. The molecule has 1 N–H and O–H groups in total. The summed E-state index contributed by atoms with van der Waals surface area (Å²) in [7, 11) is 0. The van der Waals surface area contributed by atoms with Crippen molar-refractivity contribution in [1.29, 1.82) is 0 Å². The number of hydrogen-bond acceptors (Lipinski definition) is 1. The van der Waals surface area contributed by atoms with Gasteiger partial charge in [0.2, 0.25) is 0 Å². The molecule has 0 spiro atoms. The van der Waals surface area contributed by atoms with Crippen LogP contribution in [-0.2, 0) is 0 Å². The van der Waals surface area contributed by atoms with Crippen LogP contribution in [0.25, 0.3) is 0 Å². The highest BCUT2D eigenvalue weighted by Gasteiger charge is 2.10. The largest absolute Gasteiger partial charge is 0.390 e. The Hall–Kier alpha value is -0.0400. The van der Waals surface area contributed by atoms with Gasteiger partial charge in [0.05, 0.1) is 5.60 Å². The summed E-state index contributed by atoms with van der Waals surface area (Å²) in [6.07, 6.45) is 4.39. The summed E-state index contributed by atoms with van der Waals surface area (Å²) in [6.45, 7) is 1.24. The van der Waals surface area contributed by atoms with Crippen molar-refractivity contribution in [3.63, 3.8) is 0 Å². The van der Waals surface area contributed by atoms with Gasteiger partial charge in [0, 0.05) is 4.11 Å². The van der Waals surface area contributed by atoms with Crippen LogP contribution in [0.2, 0.25) is 0 Å². The van der Waals surface area contributed by atoms with Crippen molar-refractivity contribution in [2.45, 2.75) is 58.4 Å². The molecule has 0 aliphatic rings. The molecule has 0 rings (SSSR count). The van der Waals surface area contributed by atoms with Crippen molar-refractivity contribution in [2.24, 2.45) is 0 Å². The monoisotopic (exact) mass is 147 g/mol. The van der Waals surface area contributed by atoms with Gasteiger partial charge in [-0.25, -0.2) is 0 Å². The molecule has 1 unspecified atom stereocenters. The third-order valence-corrected chi connectivity index (χ3v) is 1.52. The zero-order chi connectivity index (χ0) is 10.5. The van der Waals surface area contributed by atoms with Crippen LogP contribution in [0.3, 0.4) is 0 Å². The lowest BCUT2D eigenvalue weighted by Gasteiger charge is -2.15. The third kappa shape index (κ3) is 7.96. The molecule has 0 saturated carbocycles. The molecule has 0 fully saturated rings. The van der Waals surface area contributed by atoms with Gasteiger partial charge in [-0.3, -0.25) is 0 Å². The molecule has 1 nitrogen and oxygen atoms in total. The predicted molar refractivity (Wildman–Crippen MR) is 45.1 cm³/mol. The van der Waals surface area contributed by atoms with E-state index in [0.29, 0.717) is 6.42 Å². The summed E-state index contributed by atoms with van der Waals surface area (Å²) in [6, 6.07) is 0. The minimum absolute atomic E-state index is 0.365. The molecule has 0 heterocycles. The minimum atomic E-state index is -2.25. The molecule has 0 amide bonds. The molecular formula is C9H20O. The molecule has 0 aliphatic heterocycles. The van der Waals surface area contributed by atoms with E-state index in [2.05, 4.69) is 6.92 Å². The van der Waals surface area contributed by atoms with E-state index >= 15 is 0 Å². The van der Waals surface area contributed by atoms with E-state index in [9.17, 15) is 5.11 Å². The highest BCUT2D eigenvalue weighted by molar-refractivity contribution is 4.63. The summed E-state index contributed by atoms with van der Waals surface area (Å²) in [5.74, 6) is 0. The Labute approximate surface area is 68.7 Å². The molecule has 1 heteroatoms. The molecule has 62 valence electrons. The molecule has 0 aromatic carbocycles. The summed E-state index contributed by atoms with van der Waals surface area (Å²) in [5.41, 5.74) is -1.51. The van der Waals surface area contributed by atoms with Gasteiger partial charge in [0.25, 0.3) is 0 Å². The van der Waals surface area contributed by atoms with Gasteiger partial charge >= 0.3 is 0 Å². The van der Waals surface area contributed by atoms with Crippen LogP contribution < -0.4 is 0 Å². The average Bonchev–Trinajstić information content (AvgIpc) is 1.96. The molecule has 10 heavy (non-hydrogen) atoms. The highest BCUT2D eigenvalue weighted by Crippen LogP contribution is 2.13. The zero-order valence-corrected chi connectivity index (χ0v) is 6.98. The topological polar surface area (TPSA) is 20.2 Å². The van der Waals surface area contributed by atoms with Crippen molar-refractivity contribution in [1.82, 2.24) is 0 Å². The third-order valence-electron chi connectivity index (χ3n) is 1.52. The van der Waals surface area contributed by atoms with Gasteiger partial charge in [-0.05, 0) is 20.2 Å². The highest BCUT2D eigenvalue weighted by atomic mass is 16.3. The molecule has 0 saturated heterocycles. The van der Waals surface area contributed by atoms with Gasteiger partial charge in [-0.1, -0.05) is 32.6 Å². The second kappa shape index (κ2) is 4.73. The SMILES string of the molecule is [2H]C([2H])([2H])C(C)(O)CCCCCC. The standard InChI is InChI=1S/C9H20O/c1-4-5-6-7-8-9(2,3)10/h10H,4-8H2,1-3H3/i2D3. The number of aliphatic hydroxyl groups is 1. The smallest absolute Gasteiger partial charge is 0.0591 e. The second-order valence-corrected chi connectivity index (χ2v) is 3.08. The van der Waals surface area contributed by atoms with E-state index in [1.54, 1.807) is 0 Å². The first-order valence-corrected chi connectivity index (χ1v) is 4.03. The van der Waals surface area contributed by atoms with Crippen molar-refractivity contribution in [3.8, 4) is 0 Å². The molecule has 0 bridgehead atoms. The number of unbranched alkanes of at least 4 members (excludes halogenated alkanes) is 3. The van der Waals surface area contributed by atoms with Gasteiger partial charge in [-0.15, -0.1) is 0 Å². The van der Waals surface area contributed by atoms with Gasteiger partial charge in [0.1, 0.15) is 0 Å². The molecule has 0 aromatic heterocycles. The number of rotatable bonds is 5. The average molecular weight is 147 g/mol. The van der Waals surface area contributed by atoms with Crippen molar-refractivity contribution in [3.05, 3.63) is 0 Å². The Kier molecular flexibility index (Phi) is 2.64. The van der Waals surface area contributed by atoms with E-state index in [1.807, 2.05) is 0 Å². The Morgan fingerprint density at radius 2 is 2.10 bits per heavy atom. The first-order valence-electron chi connectivity index (χ1n) is 5.53. The molecule has 1 atom stereocenters. The molecule has 0 radical (unpaired) electrons. The zero-order valence-electron chi connectivity index (χ0n) is 9.98. The fourth-order valence-corrected chi connectivity index (χ4v) is 0.896. The van der Waals surface area contributed by atoms with Crippen LogP contribution in [0.15, 0.2) is 0 Å². The maximum absolute atomic E-state index is 9.59. The molecule has 0 aliphatic carbocycles. The Morgan fingerprint density at radius 1 is 1.40 bits per heavy atom. The Bertz CT molecular complexity index is 140.